The topological polar surface area (TPSA) is 69.1 Å². The molecule has 3 aromatic rings. The van der Waals surface area contributed by atoms with E-state index in [4.69, 9.17) is 0 Å². The van der Waals surface area contributed by atoms with Crippen molar-refractivity contribution in [1.82, 2.24) is 9.97 Å². The number of aromatic amines is 1. The number of imidazole rings is 1. The Kier molecular flexibility index (Phi) is 3.78. The summed E-state index contributed by atoms with van der Waals surface area (Å²) in [6.07, 6.45) is 0. The van der Waals surface area contributed by atoms with Crippen LogP contribution < -0.4 is 5.46 Å². The lowest BCUT2D eigenvalue weighted by atomic mass is 9.77. The Morgan fingerprint density at radius 3 is 2.60 bits per heavy atom. The van der Waals surface area contributed by atoms with Gasteiger partial charge in [-0.3, -0.25) is 0 Å². The normalized spacial score (nSPS) is 10.9. The molecule has 0 saturated carbocycles. The molecule has 0 bridgehead atoms. The predicted octanol–water partition coefficient (Wildman–Crippen LogP) is 1.53. The van der Waals surface area contributed by atoms with Gasteiger partial charge >= 0.3 is 7.12 Å². The van der Waals surface area contributed by atoms with Gasteiger partial charge in [0.05, 0.1) is 11.0 Å². The van der Waals surface area contributed by atoms with Gasteiger partial charge in [0.15, 0.2) is 5.16 Å². The molecule has 0 atom stereocenters. The number of benzene rings is 2. The number of nitrogens with one attached hydrogen (secondary N) is 1. The van der Waals surface area contributed by atoms with Gasteiger partial charge in [0, 0.05) is 5.75 Å². The van der Waals surface area contributed by atoms with Crippen molar-refractivity contribution in [1.29, 1.82) is 0 Å². The molecule has 1 heterocycles. The van der Waals surface area contributed by atoms with Crippen LogP contribution in [0.3, 0.4) is 0 Å². The molecule has 0 amide bonds. The minimum absolute atomic E-state index is 0.538. The van der Waals surface area contributed by atoms with Gasteiger partial charge in [-0.2, -0.15) is 0 Å². The average Bonchev–Trinajstić information content (AvgIpc) is 2.88. The Hall–Kier alpha value is -1.76. The van der Waals surface area contributed by atoms with E-state index in [0.717, 1.165) is 21.8 Å². The van der Waals surface area contributed by atoms with Crippen molar-refractivity contribution >= 4 is 35.4 Å². The summed E-state index contributed by atoms with van der Waals surface area (Å²) in [5.74, 6) is 0.633. The summed E-state index contributed by atoms with van der Waals surface area (Å²) in [6.45, 7) is 0. The average molecular weight is 284 g/mol. The van der Waals surface area contributed by atoms with Gasteiger partial charge in [-0.05, 0) is 23.2 Å². The van der Waals surface area contributed by atoms with Crippen LogP contribution in [-0.2, 0) is 5.75 Å². The first kappa shape index (κ1) is 13.2. The molecule has 3 rings (SSSR count). The molecule has 0 fully saturated rings. The van der Waals surface area contributed by atoms with Gasteiger partial charge in [0.25, 0.3) is 0 Å². The lowest BCUT2D eigenvalue weighted by Gasteiger charge is -2.06. The lowest BCUT2D eigenvalue weighted by Crippen LogP contribution is -2.32. The zero-order valence-corrected chi connectivity index (χ0v) is 11.5. The van der Waals surface area contributed by atoms with Gasteiger partial charge < -0.3 is 15.0 Å². The Morgan fingerprint density at radius 2 is 1.80 bits per heavy atom. The third-order valence-corrected chi connectivity index (χ3v) is 3.99. The van der Waals surface area contributed by atoms with Crippen molar-refractivity contribution in [2.45, 2.75) is 10.9 Å². The smallest absolute Gasteiger partial charge is 0.423 e. The van der Waals surface area contributed by atoms with Gasteiger partial charge in [-0.1, -0.05) is 48.2 Å². The Morgan fingerprint density at radius 1 is 1.05 bits per heavy atom. The number of fused-ring (bicyclic) bond motifs is 1. The number of H-pyrrole nitrogens is 1. The fraction of sp³-hybridized carbons (Fsp3) is 0.0714. The maximum atomic E-state index is 9.34. The second-order valence-corrected chi connectivity index (χ2v) is 5.38. The standard InChI is InChI=1S/C14H13BN2O2S/c18-15(19)11-6-2-1-5-10(11)9-20-14-16-12-7-3-4-8-13(12)17-14/h1-8,18-19H,9H2,(H,16,17). The van der Waals surface area contributed by atoms with Crippen LogP contribution in [0.4, 0.5) is 0 Å². The Bertz CT molecular complexity index is 697. The molecular weight excluding hydrogens is 271 g/mol. The van der Waals surface area contributed by atoms with Crippen LogP contribution in [-0.4, -0.2) is 27.1 Å². The van der Waals surface area contributed by atoms with Crippen molar-refractivity contribution in [3.8, 4) is 0 Å². The molecule has 0 aliphatic rings. The van der Waals surface area contributed by atoms with Crippen LogP contribution in [0, 0.1) is 0 Å². The fourth-order valence-electron chi connectivity index (χ4n) is 2.06. The molecule has 6 heteroatoms. The van der Waals surface area contributed by atoms with Crippen LogP contribution in [0.5, 0.6) is 0 Å². The van der Waals surface area contributed by atoms with Crippen molar-refractivity contribution in [3.63, 3.8) is 0 Å². The van der Waals surface area contributed by atoms with E-state index in [9.17, 15) is 10.0 Å². The number of hydrogen-bond donors (Lipinski definition) is 3. The van der Waals surface area contributed by atoms with Crippen LogP contribution in [0.25, 0.3) is 11.0 Å². The number of hydrogen-bond acceptors (Lipinski definition) is 4. The molecule has 20 heavy (non-hydrogen) atoms. The summed E-state index contributed by atoms with van der Waals surface area (Å²) in [4.78, 5) is 7.73. The van der Waals surface area contributed by atoms with E-state index in [1.54, 1.807) is 23.9 Å². The van der Waals surface area contributed by atoms with Crippen LogP contribution in [0.2, 0.25) is 0 Å². The highest BCUT2D eigenvalue weighted by Gasteiger charge is 2.15. The first-order chi connectivity index (χ1) is 9.74. The summed E-state index contributed by atoms with van der Waals surface area (Å²) >= 11 is 1.54. The number of rotatable bonds is 4. The van der Waals surface area contributed by atoms with Gasteiger partial charge in [-0.25, -0.2) is 4.98 Å². The summed E-state index contributed by atoms with van der Waals surface area (Å²) < 4.78 is 0. The highest BCUT2D eigenvalue weighted by Crippen LogP contribution is 2.22. The van der Waals surface area contributed by atoms with Crippen molar-refractivity contribution < 1.29 is 10.0 Å². The first-order valence-corrected chi connectivity index (χ1v) is 7.24. The van der Waals surface area contributed by atoms with Gasteiger partial charge in [0.2, 0.25) is 0 Å². The third-order valence-electron chi connectivity index (χ3n) is 3.07. The Labute approximate surface area is 121 Å². The van der Waals surface area contributed by atoms with Gasteiger partial charge in [0.1, 0.15) is 0 Å². The first-order valence-electron chi connectivity index (χ1n) is 6.25. The van der Waals surface area contributed by atoms with E-state index in [1.807, 2.05) is 36.4 Å². The highest BCUT2D eigenvalue weighted by molar-refractivity contribution is 7.98. The molecule has 0 unspecified atom stereocenters. The van der Waals surface area contributed by atoms with E-state index >= 15 is 0 Å². The van der Waals surface area contributed by atoms with Gasteiger partial charge in [-0.15, -0.1) is 0 Å². The van der Waals surface area contributed by atoms with Crippen molar-refractivity contribution in [2.75, 3.05) is 0 Å². The molecule has 0 aliphatic carbocycles. The fourth-order valence-corrected chi connectivity index (χ4v) is 2.96. The SMILES string of the molecule is OB(O)c1ccccc1CSc1nc2ccccc2[nH]1. The van der Waals surface area contributed by atoms with E-state index in [0.29, 0.717) is 11.2 Å². The van der Waals surface area contributed by atoms with Crippen molar-refractivity contribution in [3.05, 3.63) is 54.1 Å². The van der Waals surface area contributed by atoms with Crippen LogP contribution >= 0.6 is 11.8 Å². The molecule has 2 aromatic carbocycles. The zero-order chi connectivity index (χ0) is 13.9. The second kappa shape index (κ2) is 5.70. The van der Waals surface area contributed by atoms with Crippen LogP contribution in [0.15, 0.2) is 53.7 Å². The molecule has 3 N–H and O–H groups in total. The molecule has 0 aliphatic heterocycles. The molecule has 0 spiro atoms. The van der Waals surface area contributed by atoms with Crippen LogP contribution in [0.1, 0.15) is 5.56 Å². The maximum absolute atomic E-state index is 9.34. The number of aromatic nitrogens is 2. The molecule has 100 valence electrons. The number of para-hydroxylation sites is 2. The van der Waals surface area contributed by atoms with E-state index in [1.165, 1.54) is 0 Å². The third kappa shape index (κ3) is 2.72. The maximum Gasteiger partial charge on any atom is 0.488 e. The predicted molar refractivity (Wildman–Crippen MR) is 81.9 cm³/mol. The minimum Gasteiger partial charge on any atom is -0.423 e. The minimum atomic E-state index is -1.44. The summed E-state index contributed by atoms with van der Waals surface area (Å²) in [5.41, 5.74) is 3.38. The molecule has 0 saturated heterocycles. The lowest BCUT2D eigenvalue weighted by molar-refractivity contribution is 0.425. The molecule has 4 nitrogen and oxygen atoms in total. The quantitative estimate of drug-likeness (QED) is 0.502. The second-order valence-electron chi connectivity index (χ2n) is 4.42. The number of thioether (sulfide) groups is 1. The van der Waals surface area contributed by atoms with E-state index in [2.05, 4.69) is 9.97 Å². The molecule has 0 radical (unpaired) electrons. The Balaban J connectivity index is 1.79. The summed E-state index contributed by atoms with van der Waals surface area (Å²) in [6, 6.07) is 15.2. The molecular formula is C14H13BN2O2S. The summed E-state index contributed by atoms with van der Waals surface area (Å²) in [5, 5.41) is 19.5. The number of nitrogens with zero attached hydrogens (tertiary/aromatic N) is 1. The zero-order valence-electron chi connectivity index (χ0n) is 10.7. The summed E-state index contributed by atoms with van der Waals surface area (Å²) in [7, 11) is -1.44. The highest BCUT2D eigenvalue weighted by atomic mass is 32.2. The molecule has 1 aromatic heterocycles. The van der Waals surface area contributed by atoms with Crippen molar-refractivity contribution in [2.24, 2.45) is 0 Å². The largest absolute Gasteiger partial charge is 0.488 e. The van der Waals surface area contributed by atoms with E-state index < -0.39 is 7.12 Å². The monoisotopic (exact) mass is 284 g/mol. The van der Waals surface area contributed by atoms with E-state index in [-0.39, 0.29) is 0 Å².